The SMILES string of the molecule is c1ccc2c(c1)C[C@@H](c1nc(N3CCCC3)no1)N2. The predicted octanol–water partition coefficient (Wildman–Crippen LogP) is 2.38. The van der Waals surface area contributed by atoms with Crippen molar-refractivity contribution in [1.29, 1.82) is 0 Å². The van der Waals surface area contributed by atoms with Crippen molar-refractivity contribution in [2.24, 2.45) is 0 Å². The highest BCUT2D eigenvalue weighted by atomic mass is 16.5. The molecule has 1 fully saturated rings. The molecule has 2 aromatic rings. The molecule has 0 radical (unpaired) electrons. The van der Waals surface area contributed by atoms with Crippen LogP contribution in [0.5, 0.6) is 0 Å². The van der Waals surface area contributed by atoms with Crippen LogP contribution in [-0.2, 0) is 6.42 Å². The van der Waals surface area contributed by atoms with Gasteiger partial charge in [-0.2, -0.15) is 4.98 Å². The van der Waals surface area contributed by atoms with E-state index in [0.717, 1.165) is 25.5 Å². The van der Waals surface area contributed by atoms with Crippen molar-refractivity contribution in [2.75, 3.05) is 23.3 Å². The maximum absolute atomic E-state index is 5.43. The van der Waals surface area contributed by atoms with Crippen LogP contribution in [0.4, 0.5) is 11.6 Å². The summed E-state index contributed by atoms with van der Waals surface area (Å²) in [5, 5.41) is 7.55. The highest BCUT2D eigenvalue weighted by molar-refractivity contribution is 5.57. The Labute approximate surface area is 111 Å². The zero-order valence-electron chi connectivity index (χ0n) is 10.7. The number of para-hydroxylation sites is 1. The molecule has 0 saturated carbocycles. The first-order chi connectivity index (χ1) is 9.40. The van der Waals surface area contributed by atoms with Gasteiger partial charge in [-0.05, 0) is 29.6 Å². The number of rotatable bonds is 2. The fourth-order valence-corrected chi connectivity index (χ4v) is 2.86. The topological polar surface area (TPSA) is 54.2 Å². The second-order valence-electron chi connectivity index (χ2n) is 5.18. The van der Waals surface area contributed by atoms with Gasteiger partial charge >= 0.3 is 0 Å². The number of benzene rings is 1. The van der Waals surface area contributed by atoms with Crippen molar-refractivity contribution in [1.82, 2.24) is 10.1 Å². The zero-order valence-corrected chi connectivity index (χ0v) is 10.7. The number of nitrogens with one attached hydrogen (secondary N) is 1. The number of hydrogen-bond acceptors (Lipinski definition) is 5. The number of anilines is 2. The summed E-state index contributed by atoms with van der Waals surface area (Å²) in [7, 11) is 0. The summed E-state index contributed by atoms with van der Waals surface area (Å²) < 4.78 is 5.43. The molecule has 0 unspecified atom stereocenters. The van der Waals surface area contributed by atoms with E-state index < -0.39 is 0 Å². The molecule has 5 heteroatoms. The summed E-state index contributed by atoms with van der Waals surface area (Å²) in [5.41, 5.74) is 2.49. The third-order valence-electron chi connectivity index (χ3n) is 3.89. The lowest BCUT2D eigenvalue weighted by molar-refractivity contribution is 0.363. The minimum Gasteiger partial charge on any atom is -0.373 e. The van der Waals surface area contributed by atoms with Crippen LogP contribution < -0.4 is 10.2 Å². The molecule has 0 amide bonds. The van der Waals surface area contributed by atoms with Crippen molar-refractivity contribution < 1.29 is 4.52 Å². The molecule has 98 valence electrons. The van der Waals surface area contributed by atoms with Crippen molar-refractivity contribution >= 4 is 11.6 Å². The van der Waals surface area contributed by atoms with E-state index in [1.54, 1.807) is 0 Å². The summed E-state index contributed by atoms with van der Waals surface area (Å²) in [5.74, 6) is 1.43. The molecule has 5 nitrogen and oxygen atoms in total. The van der Waals surface area contributed by atoms with E-state index in [9.17, 15) is 0 Å². The molecule has 0 spiro atoms. The third kappa shape index (κ3) is 1.85. The monoisotopic (exact) mass is 256 g/mol. The van der Waals surface area contributed by atoms with E-state index in [1.807, 2.05) is 6.07 Å². The Morgan fingerprint density at radius 2 is 2.05 bits per heavy atom. The van der Waals surface area contributed by atoms with E-state index in [0.29, 0.717) is 5.89 Å². The first-order valence-corrected chi connectivity index (χ1v) is 6.83. The van der Waals surface area contributed by atoms with Gasteiger partial charge in [0.2, 0.25) is 0 Å². The van der Waals surface area contributed by atoms with Crippen LogP contribution in [-0.4, -0.2) is 23.2 Å². The van der Waals surface area contributed by atoms with E-state index in [2.05, 4.69) is 38.6 Å². The molecule has 1 saturated heterocycles. The number of hydrogen-bond donors (Lipinski definition) is 1. The number of nitrogens with zero attached hydrogens (tertiary/aromatic N) is 3. The average molecular weight is 256 g/mol. The maximum atomic E-state index is 5.43. The number of fused-ring (bicyclic) bond motifs is 1. The summed E-state index contributed by atoms with van der Waals surface area (Å²) in [6.45, 7) is 2.08. The predicted molar refractivity (Wildman–Crippen MR) is 72.3 cm³/mol. The van der Waals surface area contributed by atoms with Crippen molar-refractivity contribution in [3.63, 3.8) is 0 Å². The molecule has 1 aromatic carbocycles. The van der Waals surface area contributed by atoms with Crippen LogP contribution >= 0.6 is 0 Å². The molecular formula is C14H16N4O. The normalized spacial score (nSPS) is 21.5. The van der Waals surface area contributed by atoms with E-state index in [4.69, 9.17) is 4.52 Å². The molecule has 2 aliphatic heterocycles. The van der Waals surface area contributed by atoms with Gasteiger partial charge in [-0.3, -0.25) is 0 Å². The molecular weight excluding hydrogens is 240 g/mol. The Morgan fingerprint density at radius 1 is 1.21 bits per heavy atom. The summed E-state index contributed by atoms with van der Waals surface area (Å²) in [6.07, 6.45) is 3.35. The lowest BCUT2D eigenvalue weighted by Gasteiger charge is -2.10. The Kier molecular flexibility index (Phi) is 2.43. The highest BCUT2D eigenvalue weighted by Gasteiger charge is 2.27. The highest BCUT2D eigenvalue weighted by Crippen LogP contribution is 2.33. The van der Waals surface area contributed by atoms with Gasteiger partial charge in [0.1, 0.15) is 6.04 Å². The van der Waals surface area contributed by atoms with Gasteiger partial charge in [-0.25, -0.2) is 0 Å². The molecule has 2 aliphatic rings. The first-order valence-electron chi connectivity index (χ1n) is 6.83. The summed E-state index contributed by atoms with van der Waals surface area (Å²) in [6, 6.07) is 8.44. The smallest absolute Gasteiger partial charge is 0.266 e. The van der Waals surface area contributed by atoms with Crippen LogP contribution in [0.15, 0.2) is 28.8 Å². The molecule has 1 N–H and O–H groups in total. The van der Waals surface area contributed by atoms with Gasteiger partial charge in [0.05, 0.1) is 0 Å². The summed E-state index contributed by atoms with van der Waals surface area (Å²) in [4.78, 5) is 6.73. The molecule has 0 aliphatic carbocycles. The van der Waals surface area contributed by atoms with Crippen LogP contribution in [0.25, 0.3) is 0 Å². The van der Waals surface area contributed by atoms with E-state index in [-0.39, 0.29) is 6.04 Å². The second kappa shape index (κ2) is 4.26. The number of aromatic nitrogens is 2. The van der Waals surface area contributed by atoms with Crippen LogP contribution in [0.3, 0.4) is 0 Å². The lowest BCUT2D eigenvalue weighted by atomic mass is 10.1. The molecule has 1 atom stereocenters. The standard InChI is InChI=1S/C14H16N4O/c1-2-6-11-10(5-1)9-12(15-11)13-16-14(17-19-13)18-7-3-4-8-18/h1-2,5-6,12,15H,3-4,7-9H2/t12-/m0/s1. The Hall–Kier alpha value is -2.04. The first kappa shape index (κ1) is 10.8. The molecule has 0 bridgehead atoms. The summed E-state index contributed by atoms with van der Waals surface area (Å²) >= 11 is 0. The van der Waals surface area contributed by atoms with Crippen LogP contribution in [0.2, 0.25) is 0 Å². The van der Waals surface area contributed by atoms with Crippen molar-refractivity contribution in [3.8, 4) is 0 Å². The van der Waals surface area contributed by atoms with Gasteiger partial charge < -0.3 is 14.7 Å². The minimum atomic E-state index is 0.112. The van der Waals surface area contributed by atoms with E-state index in [1.165, 1.54) is 24.1 Å². The Bertz CT molecular complexity index is 564. The fraction of sp³-hybridized carbons (Fsp3) is 0.429. The molecule has 4 rings (SSSR count). The fourth-order valence-electron chi connectivity index (χ4n) is 2.86. The molecule has 1 aromatic heterocycles. The van der Waals surface area contributed by atoms with Crippen molar-refractivity contribution in [3.05, 3.63) is 35.7 Å². The third-order valence-corrected chi connectivity index (χ3v) is 3.89. The van der Waals surface area contributed by atoms with Gasteiger partial charge in [-0.1, -0.05) is 18.2 Å². The van der Waals surface area contributed by atoms with Gasteiger partial charge in [0.25, 0.3) is 11.8 Å². The van der Waals surface area contributed by atoms with E-state index >= 15 is 0 Å². The van der Waals surface area contributed by atoms with Crippen molar-refractivity contribution in [2.45, 2.75) is 25.3 Å². The Balaban J connectivity index is 1.55. The second-order valence-corrected chi connectivity index (χ2v) is 5.18. The average Bonchev–Trinajstić information content (AvgIpc) is 3.17. The largest absolute Gasteiger partial charge is 0.373 e. The molecule has 19 heavy (non-hydrogen) atoms. The quantitative estimate of drug-likeness (QED) is 0.894. The van der Waals surface area contributed by atoms with Gasteiger partial charge in [0, 0.05) is 25.2 Å². The molecule has 3 heterocycles. The zero-order chi connectivity index (χ0) is 12.7. The lowest BCUT2D eigenvalue weighted by Crippen LogP contribution is -2.19. The van der Waals surface area contributed by atoms with Crippen LogP contribution in [0, 0.1) is 0 Å². The Morgan fingerprint density at radius 3 is 2.89 bits per heavy atom. The van der Waals surface area contributed by atoms with Gasteiger partial charge in [-0.15, -0.1) is 0 Å². The maximum Gasteiger partial charge on any atom is 0.266 e. The van der Waals surface area contributed by atoms with Gasteiger partial charge in [0.15, 0.2) is 0 Å². The minimum absolute atomic E-state index is 0.112. The van der Waals surface area contributed by atoms with Crippen LogP contribution in [0.1, 0.15) is 30.3 Å².